The minimum Gasteiger partial charge on any atom is -0.370 e. The van der Waals surface area contributed by atoms with Crippen LogP contribution in [0.15, 0.2) is 6.07 Å². The van der Waals surface area contributed by atoms with E-state index in [1.54, 1.807) is 0 Å². The Morgan fingerprint density at radius 3 is 2.33 bits per heavy atom. The highest BCUT2D eigenvalue weighted by atomic mass is 15.1. The molecule has 0 radical (unpaired) electrons. The first-order chi connectivity index (χ1) is 8.67. The van der Waals surface area contributed by atoms with Crippen LogP contribution in [-0.2, 0) is 0 Å². The highest BCUT2D eigenvalue weighted by Crippen LogP contribution is 2.43. The van der Waals surface area contributed by atoms with Crippen molar-refractivity contribution in [3.05, 3.63) is 11.9 Å². The number of aromatic nitrogens is 2. The van der Waals surface area contributed by atoms with Crippen molar-refractivity contribution in [1.82, 2.24) is 9.97 Å². The van der Waals surface area contributed by atoms with Crippen molar-refractivity contribution in [1.29, 1.82) is 0 Å². The van der Waals surface area contributed by atoms with E-state index in [9.17, 15) is 0 Å². The van der Waals surface area contributed by atoms with Crippen LogP contribution in [0, 0.1) is 12.3 Å². The van der Waals surface area contributed by atoms with Gasteiger partial charge in [0.25, 0.3) is 0 Å². The summed E-state index contributed by atoms with van der Waals surface area (Å²) in [5, 5.41) is 6.72. The Labute approximate surface area is 110 Å². The van der Waals surface area contributed by atoms with Gasteiger partial charge in [-0.05, 0) is 38.5 Å². The van der Waals surface area contributed by atoms with E-state index in [4.69, 9.17) is 0 Å². The zero-order chi connectivity index (χ0) is 13.0. The highest BCUT2D eigenvalue weighted by molar-refractivity contribution is 5.47. The molecule has 1 fully saturated rings. The maximum atomic E-state index is 4.45. The monoisotopic (exact) mass is 248 g/mol. The lowest BCUT2D eigenvalue weighted by Crippen LogP contribution is -2.36. The van der Waals surface area contributed by atoms with Crippen molar-refractivity contribution in [2.75, 3.05) is 23.7 Å². The highest BCUT2D eigenvalue weighted by Gasteiger charge is 2.34. The molecule has 0 unspecified atom stereocenters. The Morgan fingerprint density at radius 1 is 1.17 bits per heavy atom. The van der Waals surface area contributed by atoms with Crippen LogP contribution in [0.3, 0.4) is 0 Å². The van der Waals surface area contributed by atoms with Crippen LogP contribution in [0.1, 0.15) is 45.4 Å². The molecule has 0 saturated heterocycles. The molecule has 1 aliphatic rings. The van der Waals surface area contributed by atoms with E-state index in [1.165, 1.54) is 25.7 Å². The quantitative estimate of drug-likeness (QED) is 0.811. The fraction of sp³-hybridized carbons (Fsp3) is 0.714. The molecule has 4 heteroatoms. The summed E-state index contributed by atoms with van der Waals surface area (Å²) in [5.74, 6) is 2.67. The SMILES string of the molecule is CCNc1cc(NCC2(CC)CCC2)nc(C)n1. The van der Waals surface area contributed by atoms with Crippen molar-refractivity contribution < 1.29 is 0 Å². The third-order valence-corrected chi connectivity index (χ3v) is 4.00. The molecule has 1 aliphatic carbocycles. The van der Waals surface area contributed by atoms with Gasteiger partial charge in [-0.3, -0.25) is 0 Å². The second-order valence-corrected chi connectivity index (χ2v) is 5.28. The minimum atomic E-state index is 0.511. The lowest BCUT2D eigenvalue weighted by atomic mass is 9.67. The van der Waals surface area contributed by atoms with Gasteiger partial charge in [0.1, 0.15) is 17.5 Å². The van der Waals surface area contributed by atoms with E-state index in [1.807, 2.05) is 13.0 Å². The Bertz CT molecular complexity index is 393. The van der Waals surface area contributed by atoms with Crippen LogP contribution < -0.4 is 10.6 Å². The average Bonchev–Trinajstić information content (AvgIpc) is 2.28. The van der Waals surface area contributed by atoms with E-state index in [0.717, 1.165) is 30.5 Å². The molecule has 1 aromatic rings. The molecule has 1 heterocycles. The fourth-order valence-electron chi connectivity index (χ4n) is 2.54. The van der Waals surface area contributed by atoms with E-state index in [0.29, 0.717) is 5.41 Å². The summed E-state index contributed by atoms with van der Waals surface area (Å²) in [6, 6.07) is 2.00. The molecule has 2 rings (SSSR count). The topological polar surface area (TPSA) is 49.8 Å². The summed E-state index contributed by atoms with van der Waals surface area (Å²) in [6.45, 7) is 8.21. The molecule has 0 aromatic carbocycles. The number of rotatable bonds is 6. The number of nitrogens with zero attached hydrogens (tertiary/aromatic N) is 2. The lowest BCUT2D eigenvalue weighted by Gasteiger charge is -2.41. The molecule has 0 bridgehead atoms. The Kier molecular flexibility index (Phi) is 4.04. The van der Waals surface area contributed by atoms with E-state index in [2.05, 4.69) is 34.4 Å². The van der Waals surface area contributed by atoms with Gasteiger partial charge in [-0.1, -0.05) is 13.3 Å². The van der Waals surface area contributed by atoms with E-state index < -0.39 is 0 Å². The number of aryl methyl sites for hydroxylation is 1. The van der Waals surface area contributed by atoms with Crippen molar-refractivity contribution in [3.63, 3.8) is 0 Å². The largest absolute Gasteiger partial charge is 0.370 e. The zero-order valence-corrected chi connectivity index (χ0v) is 11.7. The van der Waals surface area contributed by atoms with Gasteiger partial charge in [-0.25, -0.2) is 9.97 Å². The molecule has 0 aliphatic heterocycles. The van der Waals surface area contributed by atoms with Gasteiger partial charge in [0.15, 0.2) is 0 Å². The van der Waals surface area contributed by atoms with Crippen molar-refractivity contribution in [2.24, 2.45) is 5.41 Å². The standard InChI is InChI=1S/C14H24N4/c1-4-14(7-6-8-14)10-16-13-9-12(15-5-2)17-11(3)18-13/h9H,4-8,10H2,1-3H3,(H2,15,16,17,18). The fourth-order valence-corrected chi connectivity index (χ4v) is 2.54. The Morgan fingerprint density at radius 2 is 1.83 bits per heavy atom. The van der Waals surface area contributed by atoms with Crippen LogP contribution in [0.25, 0.3) is 0 Å². The van der Waals surface area contributed by atoms with E-state index in [-0.39, 0.29) is 0 Å². The predicted molar refractivity (Wildman–Crippen MR) is 76.0 cm³/mol. The van der Waals surface area contributed by atoms with Gasteiger partial charge in [-0.2, -0.15) is 0 Å². The molecule has 1 saturated carbocycles. The normalized spacial score (nSPS) is 17.1. The lowest BCUT2D eigenvalue weighted by molar-refractivity contribution is 0.145. The molecule has 0 atom stereocenters. The zero-order valence-electron chi connectivity index (χ0n) is 11.7. The van der Waals surface area contributed by atoms with Crippen LogP contribution in [0.4, 0.5) is 11.6 Å². The maximum Gasteiger partial charge on any atom is 0.131 e. The molecule has 0 amide bonds. The number of hydrogen-bond donors (Lipinski definition) is 2. The van der Waals surface area contributed by atoms with Crippen molar-refractivity contribution in [3.8, 4) is 0 Å². The van der Waals surface area contributed by atoms with Crippen LogP contribution in [0.5, 0.6) is 0 Å². The second kappa shape index (κ2) is 5.55. The summed E-state index contributed by atoms with van der Waals surface area (Å²) in [6.07, 6.45) is 5.33. The van der Waals surface area contributed by atoms with Gasteiger partial charge in [-0.15, -0.1) is 0 Å². The molecule has 1 aromatic heterocycles. The Balaban J connectivity index is 2.00. The first-order valence-corrected chi connectivity index (χ1v) is 7.01. The predicted octanol–water partition coefficient (Wildman–Crippen LogP) is 3.21. The summed E-state index contributed by atoms with van der Waals surface area (Å²) in [4.78, 5) is 8.81. The molecular weight excluding hydrogens is 224 g/mol. The molecule has 4 nitrogen and oxygen atoms in total. The Hall–Kier alpha value is -1.32. The summed E-state index contributed by atoms with van der Waals surface area (Å²) < 4.78 is 0. The van der Waals surface area contributed by atoms with Gasteiger partial charge in [0.05, 0.1) is 0 Å². The second-order valence-electron chi connectivity index (χ2n) is 5.28. The van der Waals surface area contributed by atoms with Gasteiger partial charge >= 0.3 is 0 Å². The third-order valence-electron chi connectivity index (χ3n) is 4.00. The third kappa shape index (κ3) is 2.92. The van der Waals surface area contributed by atoms with Gasteiger partial charge in [0.2, 0.25) is 0 Å². The number of anilines is 2. The van der Waals surface area contributed by atoms with Crippen LogP contribution >= 0.6 is 0 Å². The van der Waals surface area contributed by atoms with Crippen molar-refractivity contribution >= 4 is 11.6 Å². The summed E-state index contributed by atoms with van der Waals surface area (Å²) in [5.41, 5.74) is 0.511. The molecule has 2 N–H and O–H groups in total. The van der Waals surface area contributed by atoms with Crippen molar-refractivity contribution in [2.45, 2.75) is 46.5 Å². The first-order valence-electron chi connectivity index (χ1n) is 7.01. The molecule has 0 spiro atoms. The smallest absolute Gasteiger partial charge is 0.131 e. The maximum absolute atomic E-state index is 4.45. The minimum absolute atomic E-state index is 0.511. The molecule has 18 heavy (non-hydrogen) atoms. The molecular formula is C14H24N4. The van der Waals surface area contributed by atoms with Gasteiger partial charge in [0, 0.05) is 19.2 Å². The number of hydrogen-bond acceptors (Lipinski definition) is 4. The number of nitrogens with one attached hydrogen (secondary N) is 2. The van der Waals surface area contributed by atoms with Crippen LogP contribution in [0.2, 0.25) is 0 Å². The summed E-state index contributed by atoms with van der Waals surface area (Å²) >= 11 is 0. The van der Waals surface area contributed by atoms with Gasteiger partial charge < -0.3 is 10.6 Å². The van der Waals surface area contributed by atoms with E-state index >= 15 is 0 Å². The summed E-state index contributed by atoms with van der Waals surface area (Å²) in [7, 11) is 0. The first kappa shape index (κ1) is 13.1. The molecule has 100 valence electrons. The average molecular weight is 248 g/mol. The van der Waals surface area contributed by atoms with Crippen LogP contribution in [-0.4, -0.2) is 23.1 Å².